The van der Waals surface area contributed by atoms with Gasteiger partial charge in [-0.3, -0.25) is 4.79 Å². The molecule has 0 bridgehead atoms. The number of hydrogen-bond acceptors (Lipinski definition) is 3. The Morgan fingerprint density at radius 3 is 2.50 bits per heavy atom. The maximum Gasteiger partial charge on any atom is 0.319 e. The molecule has 28 heavy (non-hydrogen) atoms. The first-order valence-corrected chi connectivity index (χ1v) is 9.67. The Hall–Kier alpha value is -3.02. The van der Waals surface area contributed by atoms with Crippen molar-refractivity contribution in [1.29, 1.82) is 0 Å². The molecule has 1 aliphatic heterocycles. The molecule has 6 nitrogen and oxygen atoms in total. The second kappa shape index (κ2) is 8.78. The van der Waals surface area contributed by atoms with Crippen molar-refractivity contribution < 1.29 is 14.3 Å². The lowest BCUT2D eigenvalue weighted by Crippen LogP contribution is -2.31. The lowest BCUT2D eigenvalue weighted by molar-refractivity contribution is -0.117. The van der Waals surface area contributed by atoms with Crippen LogP contribution in [0.25, 0.3) is 0 Å². The molecule has 2 N–H and O–H groups in total. The van der Waals surface area contributed by atoms with E-state index in [1.54, 1.807) is 4.90 Å². The molecule has 0 aromatic heterocycles. The molecule has 3 rings (SSSR count). The predicted octanol–water partition coefficient (Wildman–Crippen LogP) is 4.48. The first-order valence-electron chi connectivity index (χ1n) is 9.67. The van der Waals surface area contributed by atoms with E-state index in [9.17, 15) is 9.59 Å². The third kappa shape index (κ3) is 5.03. The Kier molecular flexibility index (Phi) is 6.19. The van der Waals surface area contributed by atoms with E-state index >= 15 is 0 Å². The second-order valence-corrected chi connectivity index (χ2v) is 7.26. The molecule has 2 aromatic rings. The van der Waals surface area contributed by atoms with Crippen LogP contribution >= 0.6 is 0 Å². The van der Waals surface area contributed by atoms with E-state index in [1.165, 1.54) is 0 Å². The minimum absolute atomic E-state index is 0.0978. The normalized spacial score (nSPS) is 14.9. The first-order chi connectivity index (χ1) is 13.4. The van der Waals surface area contributed by atoms with Gasteiger partial charge in [-0.05, 0) is 69.2 Å². The largest absolute Gasteiger partial charge is 0.491 e. The molecule has 0 spiro atoms. The van der Waals surface area contributed by atoms with Crippen molar-refractivity contribution in [3.63, 3.8) is 0 Å². The van der Waals surface area contributed by atoms with Crippen LogP contribution in [0.4, 0.5) is 16.2 Å². The van der Waals surface area contributed by atoms with Gasteiger partial charge in [-0.2, -0.15) is 0 Å². The molecule has 1 atom stereocenters. The molecular formula is C22H27N3O3. The summed E-state index contributed by atoms with van der Waals surface area (Å²) >= 11 is 0. The van der Waals surface area contributed by atoms with Crippen molar-refractivity contribution >= 4 is 23.3 Å². The van der Waals surface area contributed by atoms with Crippen molar-refractivity contribution in [2.24, 2.45) is 0 Å². The Morgan fingerprint density at radius 2 is 1.86 bits per heavy atom. The van der Waals surface area contributed by atoms with Gasteiger partial charge in [-0.15, -0.1) is 0 Å². The molecule has 148 valence electrons. The zero-order chi connectivity index (χ0) is 20.1. The summed E-state index contributed by atoms with van der Waals surface area (Å²) in [4.78, 5) is 25.9. The Bertz CT molecular complexity index is 833. The zero-order valence-electron chi connectivity index (χ0n) is 16.6. The summed E-state index contributed by atoms with van der Waals surface area (Å²) in [5.74, 6) is 0.935. The number of urea groups is 1. The second-order valence-electron chi connectivity index (χ2n) is 7.26. The number of carbonyl (C=O) groups excluding carboxylic acids is 2. The average molecular weight is 381 g/mol. The molecule has 2 aromatic carbocycles. The van der Waals surface area contributed by atoms with Gasteiger partial charge in [0.15, 0.2) is 0 Å². The van der Waals surface area contributed by atoms with Gasteiger partial charge >= 0.3 is 6.03 Å². The summed E-state index contributed by atoms with van der Waals surface area (Å²) in [6.07, 6.45) is 1.59. The highest BCUT2D eigenvalue weighted by molar-refractivity contribution is 5.96. The summed E-state index contributed by atoms with van der Waals surface area (Å²) in [7, 11) is 0. The third-order valence-electron chi connectivity index (χ3n) is 4.59. The Morgan fingerprint density at radius 1 is 1.11 bits per heavy atom. The Labute approximate surface area is 165 Å². The number of amides is 3. The van der Waals surface area contributed by atoms with E-state index in [4.69, 9.17) is 4.74 Å². The number of rotatable bonds is 6. The molecule has 3 amide bonds. The van der Waals surface area contributed by atoms with Crippen LogP contribution in [0.5, 0.6) is 5.75 Å². The highest BCUT2D eigenvalue weighted by Crippen LogP contribution is 2.23. The fraction of sp³-hybridized carbons (Fsp3) is 0.364. The topological polar surface area (TPSA) is 70.7 Å². The number of hydrogen-bond donors (Lipinski definition) is 2. The maximum absolute atomic E-state index is 12.3. The standard InChI is InChI=1S/C22H27N3O3/c1-15(2)28-20-7-4-6-17(14-20)16(3)23-22(27)24-18-9-11-19(12-10-18)25-13-5-8-21(25)26/h4,6-7,9-12,14-16H,5,8,13H2,1-3H3,(H2,23,24,27). The van der Waals surface area contributed by atoms with E-state index in [2.05, 4.69) is 10.6 Å². The zero-order valence-corrected chi connectivity index (χ0v) is 16.6. The lowest BCUT2D eigenvalue weighted by Gasteiger charge is -2.18. The fourth-order valence-corrected chi connectivity index (χ4v) is 3.22. The van der Waals surface area contributed by atoms with Gasteiger partial charge in [0.1, 0.15) is 5.75 Å². The van der Waals surface area contributed by atoms with Crippen LogP contribution < -0.4 is 20.3 Å². The van der Waals surface area contributed by atoms with Crippen molar-refractivity contribution in [3.05, 3.63) is 54.1 Å². The van der Waals surface area contributed by atoms with Crippen LogP contribution in [0.3, 0.4) is 0 Å². The summed E-state index contributed by atoms with van der Waals surface area (Å²) in [6, 6.07) is 14.6. The highest BCUT2D eigenvalue weighted by Gasteiger charge is 2.21. The Balaban J connectivity index is 1.57. The summed E-state index contributed by atoms with van der Waals surface area (Å²) in [5.41, 5.74) is 2.51. The number of nitrogens with zero attached hydrogens (tertiary/aromatic N) is 1. The summed E-state index contributed by atoms with van der Waals surface area (Å²) in [6.45, 7) is 6.64. The van der Waals surface area contributed by atoms with E-state index in [-0.39, 0.29) is 24.1 Å². The fourth-order valence-electron chi connectivity index (χ4n) is 3.22. The molecular weight excluding hydrogens is 354 g/mol. The molecule has 1 fully saturated rings. The van der Waals surface area contributed by atoms with E-state index in [0.29, 0.717) is 12.1 Å². The highest BCUT2D eigenvalue weighted by atomic mass is 16.5. The van der Waals surface area contributed by atoms with Crippen LogP contribution in [-0.4, -0.2) is 24.6 Å². The maximum atomic E-state index is 12.3. The lowest BCUT2D eigenvalue weighted by atomic mass is 10.1. The van der Waals surface area contributed by atoms with Gasteiger partial charge in [0.25, 0.3) is 0 Å². The molecule has 0 aliphatic carbocycles. The van der Waals surface area contributed by atoms with Crippen LogP contribution in [0.1, 0.15) is 45.2 Å². The van der Waals surface area contributed by atoms with Crippen LogP contribution in [0.2, 0.25) is 0 Å². The molecule has 1 unspecified atom stereocenters. The van der Waals surface area contributed by atoms with Crippen LogP contribution in [0, 0.1) is 0 Å². The third-order valence-corrected chi connectivity index (χ3v) is 4.59. The number of nitrogens with one attached hydrogen (secondary N) is 2. The van der Waals surface area contributed by atoms with Gasteiger partial charge in [-0.1, -0.05) is 12.1 Å². The number of anilines is 2. The van der Waals surface area contributed by atoms with Crippen molar-refractivity contribution in [2.45, 2.75) is 45.8 Å². The van der Waals surface area contributed by atoms with Crippen molar-refractivity contribution in [2.75, 3.05) is 16.8 Å². The predicted molar refractivity (Wildman–Crippen MR) is 111 cm³/mol. The molecule has 1 heterocycles. The van der Waals surface area contributed by atoms with Gasteiger partial charge in [0.2, 0.25) is 5.91 Å². The van der Waals surface area contributed by atoms with E-state index in [0.717, 1.165) is 30.0 Å². The van der Waals surface area contributed by atoms with E-state index < -0.39 is 0 Å². The quantitative estimate of drug-likeness (QED) is 0.775. The van der Waals surface area contributed by atoms with Gasteiger partial charge in [0.05, 0.1) is 12.1 Å². The number of benzene rings is 2. The van der Waals surface area contributed by atoms with Gasteiger partial charge in [-0.25, -0.2) is 4.79 Å². The monoisotopic (exact) mass is 381 g/mol. The number of ether oxygens (including phenoxy) is 1. The first kappa shape index (κ1) is 19.7. The number of carbonyl (C=O) groups is 2. The molecule has 0 saturated carbocycles. The molecule has 6 heteroatoms. The SMILES string of the molecule is CC(C)Oc1cccc(C(C)NC(=O)Nc2ccc(N3CCCC3=O)cc2)c1. The van der Waals surface area contributed by atoms with Crippen molar-refractivity contribution in [3.8, 4) is 5.75 Å². The molecule has 1 aliphatic rings. The minimum Gasteiger partial charge on any atom is -0.491 e. The molecule has 1 saturated heterocycles. The van der Waals surface area contributed by atoms with Crippen LogP contribution in [-0.2, 0) is 4.79 Å². The summed E-state index contributed by atoms with van der Waals surface area (Å²) in [5, 5.41) is 5.77. The molecule has 0 radical (unpaired) electrons. The minimum atomic E-state index is -0.285. The van der Waals surface area contributed by atoms with Gasteiger partial charge in [0, 0.05) is 24.3 Å². The average Bonchev–Trinajstić information content (AvgIpc) is 3.08. The summed E-state index contributed by atoms with van der Waals surface area (Å²) < 4.78 is 5.71. The van der Waals surface area contributed by atoms with Gasteiger partial charge < -0.3 is 20.3 Å². The van der Waals surface area contributed by atoms with Crippen LogP contribution in [0.15, 0.2) is 48.5 Å². The smallest absolute Gasteiger partial charge is 0.319 e. The van der Waals surface area contributed by atoms with E-state index in [1.807, 2.05) is 69.3 Å². The van der Waals surface area contributed by atoms with Crippen molar-refractivity contribution in [1.82, 2.24) is 5.32 Å².